The number of carbonyl (C=O) groups excluding carboxylic acids is 1. The summed E-state index contributed by atoms with van der Waals surface area (Å²) in [6.07, 6.45) is 6.94. The molecule has 150 valence electrons. The summed E-state index contributed by atoms with van der Waals surface area (Å²) < 4.78 is 4.42. The van der Waals surface area contributed by atoms with E-state index >= 15 is 0 Å². The van der Waals surface area contributed by atoms with Gasteiger partial charge >= 0.3 is 6.09 Å². The van der Waals surface area contributed by atoms with Gasteiger partial charge in [0, 0.05) is 0 Å². The Morgan fingerprint density at radius 2 is 2.04 bits per heavy atom. The largest absolute Gasteiger partial charge is 0.453 e. The first kappa shape index (κ1) is 22.3. The van der Waals surface area contributed by atoms with Crippen molar-refractivity contribution in [2.45, 2.75) is 31.4 Å². The Balaban J connectivity index is 2.54. The van der Waals surface area contributed by atoms with Gasteiger partial charge in [0.1, 0.15) is 0 Å². The zero-order valence-corrected chi connectivity index (χ0v) is 18.4. The number of allylic oxidation sites excluding steroid dienone is 1. The summed E-state index contributed by atoms with van der Waals surface area (Å²) in [5.74, 6) is 1.01. The summed E-state index contributed by atoms with van der Waals surface area (Å²) in [7, 11) is 1.32. The van der Waals surface area contributed by atoms with Crippen molar-refractivity contribution in [1.82, 2.24) is 5.32 Å². The van der Waals surface area contributed by atoms with Gasteiger partial charge in [-0.1, -0.05) is 55.1 Å². The molecule has 0 bridgehead atoms. The molecule has 0 heterocycles. The number of thioether (sulfide) groups is 2. The van der Waals surface area contributed by atoms with Gasteiger partial charge in [-0.15, -0.1) is 11.8 Å². The summed E-state index contributed by atoms with van der Waals surface area (Å²) in [6.45, 7) is 4.34. The third kappa shape index (κ3) is 5.75. The normalized spacial score (nSPS) is 19.7. The second-order valence-electron chi connectivity index (χ2n) is 6.43. The maximum Gasteiger partial charge on any atom is 0.412 e. The van der Waals surface area contributed by atoms with Gasteiger partial charge in [0.05, 0.1) is 23.3 Å². The average Bonchev–Trinajstić information content (AvgIpc) is 2.71. The average molecular weight is 418 g/mol. The molecule has 1 aromatic rings. The number of benzene rings is 1. The van der Waals surface area contributed by atoms with E-state index < -0.39 is 6.09 Å². The Hall–Kier alpha value is -1.99. The predicted molar refractivity (Wildman–Crippen MR) is 122 cm³/mol. The van der Waals surface area contributed by atoms with Crippen molar-refractivity contribution in [3.63, 3.8) is 0 Å². The Morgan fingerprint density at radius 3 is 2.64 bits per heavy atom. The van der Waals surface area contributed by atoms with Gasteiger partial charge in [-0.05, 0) is 49.0 Å². The van der Waals surface area contributed by atoms with E-state index in [0.717, 1.165) is 17.7 Å². The highest BCUT2D eigenvalue weighted by atomic mass is 32.2. The van der Waals surface area contributed by atoms with Gasteiger partial charge in [-0.2, -0.15) is 0 Å². The fourth-order valence-electron chi connectivity index (χ4n) is 2.82. The van der Waals surface area contributed by atoms with Crippen LogP contribution in [0.25, 0.3) is 0 Å². The van der Waals surface area contributed by atoms with Crippen molar-refractivity contribution in [3.05, 3.63) is 59.3 Å². The van der Waals surface area contributed by atoms with Crippen molar-refractivity contribution >= 4 is 40.5 Å². The number of methoxy groups -OCH3 is 1. The van der Waals surface area contributed by atoms with Crippen LogP contribution in [0.2, 0.25) is 0 Å². The SMILES string of the molecule is CCCSC1(C)C=CC(=N)C(N=C(NC(=O)OC)SC)=C1Cc1ccccc1. The molecule has 0 saturated carbocycles. The van der Waals surface area contributed by atoms with E-state index in [4.69, 9.17) is 5.41 Å². The van der Waals surface area contributed by atoms with Crippen LogP contribution in [0.1, 0.15) is 25.8 Å². The van der Waals surface area contributed by atoms with E-state index in [0.29, 0.717) is 23.0 Å². The lowest BCUT2D eigenvalue weighted by molar-refractivity contribution is 0.177. The van der Waals surface area contributed by atoms with Crippen molar-refractivity contribution in [2.75, 3.05) is 19.1 Å². The number of ether oxygens (including phenoxy) is 1. The van der Waals surface area contributed by atoms with Crippen LogP contribution in [0.5, 0.6) is 0 Å². The number of hydrogen-bond donors (Lipinski definition) is 2. The lowest BCUT2D eigenvalue weighted by Crippen LogP contribution is -2.31. The number of hydrogen-bond acceptors (Lipinski definition) is 6. The number of rotatable bonds is 6. The topological polar surface area (TPSA) is 74.5 Å². The summed E-state index contributed by atoms with van der Waals surface area (Å²) in [6, 6.07) is 10.2. The van der Waals surface area contributed by atoms with Crippen LogP contribution in [0.4, 0.5) is 4.79 Å². The fraction of sp³-hybridized carbons (Fsp3) is 0.381. The van der Waals surface area contributed by atoms with Gasteiger partial charge in [0.15, 0.2) is 5.17 Å². The molecule has 0 radical (unpaired) electrons. The van der Waals surface area contributed by atoms with Crippen molar-refractivity contribution in [3.8, 4) is 0 Å². The van der Waals surface area contributed by atoms with Crippen molar-refractivity contribution in [1.29, 1.82) is 5.41 Å². The van der Waals surface area contributed by atoms with Crippen LogP contribution in [-0.2, 0) is 11.2 Å². The lowest BCUT2D eigenvalue weighted by atomic mass is 9.86. The predicted octanol–water partition coefficient (Wildman–Crippen LogP) is 5.05. The first-order valence-electron chi connectivity index (χ1n) is 9.10. The number of amides is 1. The van der Waals surface area contributed by atoms with Crippen LogP contribution >= 0.6 is 23.5 Å². The molecule has 0 spiro atoms. The first-order valence-corrected chi connectivity index (χ1v) is 11.3. The standard InChI is InChI=1S/C21H27N3O2S2/c1-5-13-28-21(2)12-11-17(22)18(23-19(27-4)24-20(25)26-3)16(21)14-15-9-7-6-8-10-15/h6-12,22H,5,13-14H2,1-4H3,(H,23,24,25). The van der Waals surface area contributed by atoms with E-state index in [1.54, 1.807) is 0 Å². The molecule has 0 saturated heterocycles. The number of amidine groups is 1. The molecule has 0 fully saturated rings. The van der Waals surface area contributed by atoms with E-state index in [9.17, 15) is 4.79 Å². The molecule has 1 aliphatic rings. The third-order valence-corrected chi connectivity index (χ3v) is 6.51. The van der Waals surface area contributed by atoms with Crippen LogP contribution in [0.3, 0.4) is 0 Å². The van der Waals surface area contributed by atoms with E-state index in [1.807, 2.05) is 42.3 Å². The highest BCUT2D eigenvalue weighted by Crippen LogP contribution is 2.41. The van der Waals surface area contributed by atoms with E-state index in [2.05, 4.69) is 47.1 Å². The van der Waals surface area contributed by atoms with Crippen LogP contribution in [-0.4, -0.2) is 40.8 Å². The Bertz CT molecular complexity index is 803. The second kappa shape index (κ2) is 10.5. The van der Waals surface area contributed by atoms with Crippen LogP contribution in [0.15, 0.2) is 58.7 Å². The maximum atomic E-state index is 11.6. The van der Waals surface area contributed by atoms with Gasteiger partial charge < -0.3 is 4.74 Å². The second-order valence-corrected chi connectivity index (χ2v) is 8.77. The zero-order chi connectivity index (χ0) is 20.6. The van der Waals surface area contributed by atoms with Crippen LogP contribution in [0, 0.1) is 5.41 Å². The Labute approximate surface area is 175 Å². The smallest absolute Gasteiger partial charge is 0.412 e. The Morgan fingerprint density at radius 1 is 1.32 bits per heavy atom. The number of nitrogens with zero attached hydrogens (tertiary/aromatic N) is 1. The zero-order valence-electron chi connectivity index (χ0n) is 16.7. The van der Waals surface area contributed by atoms with Gasteiger partial charge in [0.2, 0.25) is 0 Å². The molecule has 2 N–H and O–H groups in total. The molecule has 1 atom stereocenters. The van der Waals surface area contributed by atoms with Crippen molar-refractivity contribution in [2.24, 2.45) is 4.99 Å². The number of nitrogens with one attached hydrogen (secondary N) is 2. The molecule has 2 rings (SSSR count). The molecule has 28 heavy (non-hydrogen) atoms. The van der Waals surface area contributed by atoms with E-state index in [1.165, 1.54) is 24.4 Å². The van der Waals surface area contributed by atoms with Gasteiger partial charge in [-0.25, -0.2) is 9.79 Å². The fourth-order valence-corrected chi connectivity index (χ4v) is 4.32. The molecular formula is C21H27N3O2S2. The first-order chi connectivity index (χ1) is 13.4. The number of aliphatic imine (C=N–C) groups is 1. The number of carbonyl (C=O) groups is 1. The van der Waals surface area contributed by atoms with E-state index in [-0.39, 0.29) is 4.75 Å². The maximum absolute atomic E-state index is 11.6. The quantitative estimate of drug-likeness (QED) is 0.502. The summed E-state index contributed by atoms with van der Waals surface area (Å²) in [5.41, 5.74) is 3.20. The van der Waals surface area contributed by atoms with Gasteiger partial charge in [0.25, 0.3) is 0 Å². The summed E-state index contributed by atoms with van der Waals surface area (Å²) >= 11 is 3.17. The molecule has 1 aromatic carbocycles. The summed E-state index contributed by atoms with van der Waals surface area (Å²) in [4.78, 5) is 16.3. The van der Waals surface area contributed by atoms with Crippen LogP contribution < -0.4 is 5.32 Å². The molecule has 1 amide bonds. The van der Waals surface area contributed by atoms with Gasteiger partial charge in [-0.3, -0.25) is 10.7 Å². The number of alkyl carbamates (subject to hydrolysis) is 1. The Kier molecular flexibility index (Phi) is 8.38. The minimum atomic E-state index is -0.570. The summed E-state index contributed by atoms with van der Waals surface area (Å²) in [5, 5.41) is 11.5. The monoisotopic (exact) mass is 417 g/mol. The molecule has 5 nitrogen and oxygen atoms in total. The molecular weight excluding hydrogens is 390 g/mol. The third-order valence-electron chi connectivity index (χ3n) is 4.34. The highest BCUT2D eigenvalue weighted by molar-refractivity contribution is 8.13. The van der Waals surface area contributed by atoms with Crippen molar-refractivity contribution < 1.29 is 9.53 Å². The lowest BCUT2D eigenvalue weighted by Gasteiger charge is -2.33. The molecule has 7 heteroatoms. The molecule has 0 aromatic heterocycles. The highest BCUT2D eigenvalue weighted by Gasteiger charge is 2.33. The minimum Gasteiger partial charge on any atom is -0.453 e. The molecule has 0 aliphatic heterocycles. The molecule has 1 unspecified atom stereocenters. The minimum absolute atomic E-state index is 0.260. The molecule has 1 aliphatic carbocycles.